The number of furan rings is 1. The molecule has 1 unspecified atom stereocenters. The molecule has 0 amide bonds. The predicted octanol–water partition coefficient (Wildman–Crippen LogP) is 1.72. The molecule has 1 aromatic heterocycles. The van der Waals surface area contributed by atoms with Gasteiger partial charge in [-0.25, -0.2) is 0 Å². The van der Waals surface area contributed by atoms with Crippen LogP contribution in [0.5, 0.6) is 0 Å². The fraction of sp³-hybridized carbons (Fsp3) is 0.429. The summed E-state index contributed by atoms with van der Waals surface area (Å²) in [5, 5.41) is 9.29. The number of aliphatic hydroxyl groups is 1. The molecule has 1 aromatic rings. The van der Waals surface area contributed by atoms with Gasteiger partial charge in [-0.2, -0.15) is 0 Å². The molecule has 62 valence electrons. The fourth-order valence-corrected chi connectivity index (χ4v) is 1.07. The van der Waals surface area contributed by atoms with Gasteiger partial charge in [-0.05, 0) is 28.1 Å². The zero-order valence-corrected chi connectivity index (χ0v) is 7.67. The standard InChI is InChI=1S/C7H9BrO3/c1-10-4-5(9)6-2-3-7(8)11-6/h2-3,5,9H,4H2,1H3. The second-order valence-corrected chi connectivity index (χ2v) is 2.89. The summed E-state index contributed by atoms with van der Waals surface area (Å²) in [4.78, 5) is 0. The summed E-state index contributed by atoms with van der Waals surface area (Å²) in [5.74, 6) is 0.513. The predicted molar refractivity (Wildman–Crippen MR) is 43.2 cm³/mol. The number of hydrogen-bond acceptors (Lipinski definition) is 3. The monoisotopic (exact) mass is 220 g/mol. The molecule has 1 N–H and O–H groups in total. The van der Waals surface area contributed by atoms with E-state index in [4.69, 9.17) is 9.15 Å². The molecule has 0 saturated carbocycles. The first kappa shape index (κ1) is 8.77. The molecule has 0 aliphatic heterocycles. The number of methoxy groups -OCH3 is 1. The van der Waals surface area contributed by atoms with Gasteiger partial charge in [0.1, 0.15) is 11.9 Å². The number of rotatable bonds is 3. The molecule has 1 rings (SSSR count). The molecule has 0 fully saturated rings. The highest BCUT2D eigenvalue weighted by Crippen LogP contribution is 2.20. The van der Waals surface area contributed by atoms with Crippen LogP contribution in [0, 0.1) is 0 Å². The van der Waals surface area contributed by atoms with Crippen LogP contribution < -0.4 is 0 Å². The van der Waals surface area contributed by atoms with Crippen LogP contribution in [-0.2, 0) is 4.74 Å². The molecule has 0 aromatic carbocycles. The molecule has 0 aliphatic rings. The zero-order chi connectivity index (χ0) is 8.27. The van der Waals surface area contributed by atoms with Gasteiger partial charge in [0.15, 0.2) is 4.67 Å². The lowest BCUT2D eigenvalue weighted by atomic mass is 10.3. The fourth-order valence-electron chi connectivity index (χ4n) is 0.747. The lowest BCUT2D eigenvalue weighted by molar-refractivity contribution is 0.0497. The Morgan fingerprint density at radius 1 is 1.73 bits per heavy atom. The van der Waals surface area contributed by atoms with Gasteiger partial charge in [-0.1, -0.05) is 0 Å². The van der Waals surface area contributed by atoms with Gasteiger partial charge in [0, 0.05) is 7.11 Å². The molecule has 4 heteroatoms. The van der Waals surface area contributed by atoms with Gasteiger partial charge in [0.2, 0.25) is 0 Å². The van der Waals surface area contributed by atoms with Crippen molar-refractivity contribution in [2.24, 2.45) is 0 Å². The summed E-state index contributed by atoms with van der Waals surface area (Å²) in [6.07, 6.45) is -0.675. The van der Waals surface area contributed by atoms with E-state index in [-0.39, 0.29) is 6.61 Å². The van der Waals surface area contributed by atoms with Crippen LogP contribution in [-0.4, -0.2) is 18.8 Å². The van der Waals surface area contributed by atoms with Crippen LogP contribution in [0.2, 0.25) is 0 Å². The van der Waals surface area contributed by atoms with E-state index in [0.717, 1.165) is 0 Å². The van der Waals surface area contributed by atoms with Crippen molar-refractivity contribution < 1.29 is 14.3 Å². The number of ether oxygens (including phenoxy) is 1. The van der Waals surface area contributed by atoms with Crippen LogP contribution in [0.15, 0.2) is 21.2 Å². The Balaban J connectivity index is 2.60. The van der Waals surface area contributed by atoms with Gasteiger partial charge < -0.3 is 14.3 Å². The van der Waals surface area contributed by atoms with Crippen molar-refractivity contribution in [2.45, 2.75) is 6.10 Å². The minimum atomic E-state index is -0.675. The highest BCUT2D eigenvalue weighted by Gasteiger charge is 2.10. The Morgan fingerprint density at radius 2 is 2.45 bits per heavy atom. The van der Waals surface area contributed by atoms with E-state index in [1.165, 1.54) is 7.11 Å². The Morgan fingerprint density at radius 3 is 2.91 bits per heavy atom. The average molecular weight is 221 g/mol. The minimum Gasteiger partial charge on any atom is -0.452 e. The van der Waals surface area contributed by atoms with Crippen molar-refractivity contribution in [3.05, 3.63) is 22.6 Å². The molecule has 11 heavy (non-hydrogen) atoms. The quantitative estimate of drug-likeness (QED) is 0.844. The molecule has 3 nitrogen and oxygen atoms in total. The molecule has 0 bridgehead atoms. The first-order valence-electron chi connectivity index (χ1n) is 3.16. The maximum absolute atomic E-state index is 9.29. The third kappa shape index (κ3) is 2.32. The Kier molecular flexibility index (Phi) is 3.11. The largest absolute Gasteiger partial charge is 0.452 e. The Labute approximate surface area is 73.1 Å². The van der Waals surface area contributed by atoms with E-state index in [1.54, 1.807) is 12.1 Å². The summed E-state index contributed by atoms with van der Waals surface area (Å²) in [7, 11) is 1.53. The van der Waals surface area contributed by atoms with Gasteiger partial charge in [-0.15, -0.1) is 0 Å². The van der Waals surface area contributed by atoms with Gasteiger partial charge in [0.25, 0.3) is 0 Å². The summed E-state index contributed by atoms with van der Waals surface area (Å²) in [5.41, 5.74) is 0. The van der Waals surface area contributed by atoms with Gasteiger partial charge in [0.05, 0.1) is 6.61 Å². The maximum atomic E-state index is 9.29. The Hall–Kier alpha value is -0.320. The smallest absolute Gasteiger partial charge is 0.169 e. The highest BCUT2D eigenvalue weighted by atomic mass is 79.9. The van der Waals surface area contributed by atoms with Crippen molar-refractivity contribution in [3.63, 3.8) is 0 Å². The lowest BCUT2D eigenvalue weighted by Crippen LogP contribution is -2.03. The average Bonchev–Trinajstić information content (AvgIpc) is 2.36. The van der Waals surface area contributed by atoms with E-state index in [9.17, 15) is 5.11 Å². The van der Waals surface area contributed by atoms with Crippen LogP contribution in [0.3, 0.4) is 0 Å². The van der Waals surface area contributed by atoms with E-state index >= 15 is 0 Å². The van der Waals surface area contributed by atoms with Crippen molar-refractivity contribution in [2.75, 3.05) is 13.7 Å². The zero-order valence-electron chi connectivity index (χ0n) is 6.08. The van der Waals surface area contributed by atoms with E-state index in [1.807, 2.05) is 0 Å². The summed E-state index contributed by atoms with van der Waals surface area (Å²) >= 11 is 3.13. The maximum Gasteiger partial charge on any atom is 0.169 e. The van der Waals surface area contributed by atoms with Crippen LogP contribution >= 0.6 is 15.9 Å². The SMILES string of the molecule is COCC(O)c1ccc(Br)o1. The summed E-state index contributed by atoms with van der Waals surface area (Å²) in [6.45, 7) is 0.250. The molecular weight excluding hydrogens is 212 g/mol. The van der Waals surface area contributed by atoms with Crippen LogP contribution in [0.25, 0.3) is 0 Å². The van der Waals surface area contributed by atoms with E-state index in [2.05, 4.69) is 15.9 Å². The molecule has 0 saturated heterocycles. The van der Waals surface area contributed by atoms with E-state index < -0.39 is 6.10 Å². The second kappa shape index (κ2) is 3.90. The van der Waals surface area contributed by atoms with Crippen molar-refractivity contribution in [1.29, 1.82) is 0 Å². The third-order valence-corrected chi connectivity index (χ3v) is 1.67. The first-order chi connectivity index (χ1) is 5.24. The number of halogens is 1. The van der Waals surface area contributed by atoms with Crippen LogP contribution in [0.1, 0.15) is 11.9 Å². The molecule has 1 atom stereocenters. The van der Waals surface area contributed by atoms with Crippen molar-refractivity contribution in [1.82, 2.24) is 0 Å². The van der Waals surface area contributed by atoms with Crippen molar-refractivity contribution >= 4 is 15.9 Å². The van der Waals surface area contributed by atoms with E-state index in [0.29, 0.717) is 10.4 Å². The highest BCUT2D eigenvalue weighted by molar-refractivity contribution is 9.10. The lowest BCUT2D eigenvalue weighted by Gasteiger charge is -2.04. The minimum absolute atomic E-state index is 0.250. The third-order valence-electron chi connectivity index (χ3n) is 1.25. The Bertz CT molecular complexity index is 221. The summed E-state index contributed by atoms with van der Waals surface area (Å²) in [6, 6.07) is 3.43. The topological polar surface area (TPSA) is 42.6 Å². The van der Waals surface area contributed by atoms with Gasteiger partial charge >= 0.3 is 0 Å². The van der Waals surface area contributed by atoms with Crippen LogP contribution in [0.4, 0.5) is 0 Å². The molecule has 1 heterocycles. The second-order valence-electron chi connectivity index (χ2n) is 2.11. The molecule has 0 radical (unpaired) electrons. The number of hydrogen-bond donors (Lipinski definition) is 1. The number of aliphatic hydroxyl groups excluding tert-OH is 1. The molecule has 0 spiro atoms. The molecular formula is C7H9BrO3. The van der Waals surface area contributed by atoms with Gasteiger partial charge in [-0.3, -0.25) is 0 Å². The first-order valence-corrected chi connectivity index (χ1v) is 3.95. The molecule has 0 aliphatic carbocycles. The summed E-state index contributed by atoms with van der Waals surface area (Å²) < 4.78 is 10.4. The normalized spacial score (nSPS) is 13.4. The van der Waals surface area contributed by atoms with Crippen molar-refractivity contribution in [3.8, 4) is 0 Å².